The molecule has 0 aliphatic heterocycles. The van der Waals surface area contributed by atoms with Crippen molar-refractivity contribution in [1.29, 1.82) is 0 Å². The van der Waals surface area contributed by atoms with Crippen LogP contribution in [0.2, 0.25) is 0 Å². The smallest absolute Gasteiger partial charge is 0.351 e. The maximum atomic E-state index is 13.5. The molecule has 4 aromatic rings. The molecule has 2 aromatic heterocycles. The van der Waals surface area contributed by atoms with Gasteiger partial charge in [0.1, 0.15) is 0 Å². The molecule has 1 amide bonds. The molecule has 0 bridgehead atoms. The van der Waals surface area contributed by atoms with Crippen LogP contribution in [0, 0.1) is 0 Å². The highest BCUT2D eigenvalue weighted by molar-refractivity contribution is 5.93. The van der Waals surface area contributed by atoms with E-state index in [2.05, 4.69) is 27.6 Å². The Morgan fingerprint density at radius 2 is 1.76 bits per heavy atom. The van der Waals surface area contributed by atoms with Crippen LogP contribution in [0.5, 0.6) is 0 Å². The Bertz CT molecular complexity index is 1720. The first-order valence-electron chi connectivity index (χ1n) is 14.5. The number of nitrogens with zero attached hydrogens (tertiary/aromatic N) is 4. The van der Waals surface area contributed by atoms with E-state index >= 15 is 0 Å². The van der Waals surface area contributed by atoms with Crippen LogP contribution in [-0.2, 0) is 37.0 Å². The predicted octanol–water partition coefficient (Wildman–Crippen LogP) is 6.88. The lowest BCUT2D eigenvalue weighted by atomic mass is 9.82. The van der Waals surface area contributed by atoms with Crippen LogP contribution in [-0.4, -0.2) is 37.2 Å². The fraction of sp³-hybridized carbons (Fsp3) is 0.419. The van der Waals surface area contributed by atoms with Crippen molar-refractivity contribution in [2.45, 2.75) is 76.3 Å². The molecule has 240 valence electrons. The number of rotatable bonds is 7. The maximum absolute atomic E-state index is 13.5. The summed E-state index contributed by atoms with van der Waals surface area (Å²) in [6.45, 7) is 4.06. The second kappa shape index (κ2) is 12.0. The zero-order valence-corrected chi connectivity index (χ0v) is 24.9. The summed E-state index contributed by atoms with van der Waals surface area (Å²) in [7, 11) is 1.63. The molecule has 1 aliphatic rings. The van der Waals surface area contributed by atoms with Crippen LogP contribution in [0.25, 0.3) is 22.2 Å². The number of carbonyl (C=O) groups excluding carboxylic acids is 1. The van der Waals surface area contributed by atoms with Crippen molar-refractivity contribution >= 4 is 28.6 Å². The maximum Gasteiger partial charge on any atom is 0.416 e. The van der Waals surface area contributed by atoms with Gasteiger partial charge in [-0.15, -0.1) is 0 Å². The second-order valence-corrected chi connectivity index (χ2v) is 11.8. The topological polar surface area (TPSA) is 111 Å². The summed E-state index contributed by atoms with van der Waals surface area (Å²) in [6.07, 6.45) is -4.66. The van der Waals surface area contributed by atoms with E-state index < -0.39 is 41.4 Å². The Hall–Kier alpha value is -4.20. The molecule has 2 aromatic carbocycles. The van der Waals surface area contributed by atoms with Crippen LogP contribution in [0.4, 0.5) is 38.1 Å². The third-order valence-electron chi connectivity index (χ3n) is 8.14. The third kappa shape index (κ3) is 7.38. The zero-order valence-electron chi connectivity index (χ0n) is 24.9. The minimum Gasteiger partial charge on any atom is -0.351 e. The second-order valence-electron chi connectivity index (χ2n) is 11.8. The van der Waals surface area contributed by atoms with Crippen molar-refractivity contribution in [3.63, 3.8) is 0 Å². The number of amides is 1. The Balaban J connectivity index is 1.36. The largest absolute Gasteiger partial charge is 0.416 e. The highest BCUT2D eigenvalue weighted by Gasteiger charge is 2.37. The predicted molar refractivity (Wildman–Crippen MR) is 158 cm³/mol. The molecule has 0 spiro atoms. The first-order chi connectivity index (χ1) is 21.0. The van der Waals surface area contributed by atoms with Crippen molar-refractivity contribution in [3.8, 4) is 11.3 Å². The highest BCUT2D eigenvalue weighted by atomic mass is 19.4. The summed E-state index contributed by atoms with van der Waals surface area (Å²) in [4.78, 5) is 22.0. The Morgan fingerprint density at radius 3 is 2.40 bits per heavy atom. The van der Waals surface area contributed by atoms with Crippen molar-refractivity contribution in [1.82, 2.24) is 19.7 Å². The van der Waals surface area contributed by atoms with E-state index in [0.29, 0.717) is 36.3 Å². The van der Waals surface area contributed by atoms with Gasteiger partial charge in [-0.25, -0.2) is 9.97 Å². The fourth-order valence-corrected chi connectivity index (χ4v) is 5.66. The van der Waals surface area contributed by atoms with Crippen LogP contribution in [0.1, 0.15) is 61.8 Å². The summed E-state index contributed by atoms with van der Waals surface area (Å²) in [6, 6.07) is 6.63. The molecule has 1 saturated carbocycles. The number of alkyl halides is 6. The first kappa shape index (κ1) is 32.2. The number of fused-ring (bicyclic) bond motifs is 1. The summed E-state index contributed by atoms with van der Waals surface area (Å²) in [5.41, 5.74) is 5.79. The average molecular weight is 634 g/mol. The molecule has 8 nitrogen and oxygen atoms in total. The van der Waals surface area contributed by atoms with Gasteiger partial charge in [0.25, 0.3) is 0 Å². The van der Waals surface area contributed by atoms with Gasteiger partial charge in [0.15, 0.2) is 5.82 Å². The number of hydrogen-bond donors (Lipinski definition) is 3. The standard InChI is InChI=1S/C31H33F6N7O/c1-4-17-11-19(12-20-16-39-28(42-27(17)20)40-22-7-9-29(2,38)10-8-22)24-15-25(43-44(24)3)41-26(45)14-18-13-21(30(32,33)34)5-6-23(18)31(35,36)37/h5-6,11-13,15-16,22H,4,7-10,14,38H2,1-3H3,(H,39,40,42)(H,41,43,45)/t22-,29-. The Kier molecular flexibility index (Phi) is 8.55. The number of carbonyl (C=O) groups is 1. The van der Waals surface area contributed by atoms with Crippen LogP contribution >= 0.6 is 0 Å². The molecule has 0 saturated heterocycles. The van der Waals surface area contributed by atoms with Gasteiger partial charge in [0, 0.05) is 41.8 Å². The van der Waals surface area contributed by atoms with Crippen molar-refractivity contribution in [2.24, 2.45) is 12.8 Å². The Labute approximate surface area is 255 Å². The molecule has 4 N–H and O–H groups in total. The molecule has 5 rings (SSSR count). The molecule has 2 heterocycles. The van der Waals surface area contributed by atoms with E-state index in [0.717, 1.165) is 47.7 Å². The number of halogens is 6. The molecular weight excluding hydrogens is 600 g/mol. The van der Waals surface area contributed by atoms with Gasteiger partial charge in [-0.3, -0.25) is 9.48 Å². The lowest BCUT2D eigenvalue weighted by molar-refractivity contribution is -0.142. The van der Waals surface area contributed by atoms with Crippen molar-refractivity contribution in [2.75, 3.05) is 10.6 Å². The molecule has 1 aliphatic carbocycles. The zero-order chi connectivity index (χ0) is 32.7. The van der Waals surface area contributed by atoms with E-state index in [4.69, 9.17) is 10.7 Å². The van der Waals surface area contributed by atoms with Gasteiger partial charge in [-0.05, 0) is 80.5 Å². The minimum absolute atomic E-state index is 0.0352. The number of anilines is 2. The molecule has 0 radical (unpaired) electrons. The van der Waals surface area contributed by atoms with Gasteiger partial charge in [0.2, 0.25) is 11.9 Å². The first-order valence-corrected chi connectivity index (χ1v) is 14.5. The molecule has 45 heavy (non-hydrogen) atoms. The summed E-state index contributed by atoms with van der Waals surface area (Å²) in [5.74, 6) is -0.372. The van der Waals surface area contributed by atoms with Gasteiger partial charge < -0.3 is 16.4 Å². The fourth-order valence-electron chi connectivity index (χ4n) is 5.66. The van der Waals surface area contributed by atoms with Crippen molar-refractivity contribution < 1.29 is 31.1 Å². The van der Waals surface area contributed by atoms with Crippen LogP contribution < -0.4 is 16.4 Å². The lowest BCUT2D eigenvalue weighted by Gasteiger charge is -2.34. The molecule has 0 atom stereocenters. The van der Waals surface area contributed by atoms with Gasteiger partial charge in [-0.1, -0.05) is 6.92 Å². The van der Waals surface area contributed by atoms with E-state index in [1.807, 2.05) is 19.1 Å². The highest BCUT2D eigenvalue weighted by Crippen LogP contribution is 2.37. The molecule has 0 unspecified atom stereocenters. The molecular formula is C31H33F6N7O. The average Bonchev–Trinajstić information content (AvgIpc) is 3.31. The van der Waals surface area contributed by atoms with E-state index in [9.17, 15) is 31.1 Å². The van der Waals surface area contributed by atoms with Crippen LogP contribution in [0.15, 0.2) is 42.6 Å². The third-order valence-corrected chi connectivity index (χ3v) is 8.14. The van der Waals surface area contributed by atoms with Gasteiger partial charge in [0.05, 0.1) is 28.8 Å². The quantitative estimate of drug-likeness (QED) is 0.191. The van der Waals surface area contributed by atoms with E-state index in [1.165, 1.54) is 4.68 Å². The number of nitrogens with one attached hydrogen (secondary N) is 2. The number of hydrogen-bond acceptors (Lipinski definition) is 6. The normalized spacial score (nSPS) is 19.1. The van der Waals surface area contributed by atoms with Gasteiger partial charge in [-0.2, -0.15) is 31.4 Å². The minimum atomic E-state index is -4.94. The van der Waals surface area contributed by atoms with Gasteiger partial charge >= 0.3 is 12.4 Å². The molecule has 14 heteroatoms. The summed E-state index contributed by atoms with van der Waals surface area (Å²) < 4.78 is 81.4. The monoisotopic (exact) mass is 633 g/mol. The van der Waals surface area contributed by atoms with E-state index in [-0.39, 0.29) is 17.4 Å². The number of aryl methyl sites for hydroxylation is 2. The molecule has 1 fully saturated rings. The number of nitrogens with two attached hydrogens (primary N) is 1. The lowest BCUT2D eigenvalue weighted by Crippen LogP contribution is -2.43. The summed E-state index contributed by atoms with van der Waals surface area (Å²) >= 11 is 0. The van der Waals surface area contributed by atoms with E-state index in [1.54, 1.807) is 19.3 Å². The van der Waals surface area contributed by atoms with Crippen LogP contribution in [0.3, 0.4) is 0 Å². The SMILES string of the molecule is CCc1cc(-c2cc(NC(=O)Cc3cc(C(F)(F)F)ccc3C(F)(F)F)nn2C)cc2cnc(N[C@H]3CC[C@](C)(N)CC3)nc12. The Morgan fingerprint density at radius 1 is 1.04 bits per heavy atom. The number of benzene rings is 2. The number of aromatic nitrogens is 4. The van der Waals surface area contributed by atoms with Crippen molar-refractivity contribution in [3.05, 3.63) is 64.8 Å². The summed E-state index contributed by atoms with van der Waals surface area (Å²) in [5, 5.41) is 10.9.